The largest absolute Gasteiger partial charge is 0.351 e. The first kappa shape index (κ1) is 18.5. The molecule has 1 heterocycles. The molecule has 0 unspecified atom stereocenters. The van der Waals surface area contributed by atoms with Gasteiger partial charge in [0.1, 0.15) is 11.2 Å². The van der Waals surface area contributed by atoms with Crippen molar-refractivity contribution in [2.24, 2.45) is 0 Å². The van der Waals surface area contributed by atoms with Crippen LogP contribution in [0.3, 0.4) is 0 Å². The van der Waals surface area contributed by atoms with E-state index >= 15 is 0 Å². The quantitative estimate of drug-likeness (QED) is 0.589. The average molecular weight is 456 g/mol. The van der Waals surface area contributed by atoms with Crippen molar-refractivity contribution in [3.63, 3.8) is 0 Å². The number of aromatic nitrogens is 2. The number of halogens is 2. The summed E-state index contributed by atoms with van der Waals surface area (Å²) >= 11 is 3.45. The number of benzene rings is 2. The molecule has 0 bridgehead atoms. The highest BCUT2D eigenvalue weighted by Gasteiger charge is 2.56. The van der Waals surface area contributed by atoms with Gasteiger partial charge in [0, 0.05) is 22.5 Å². The molecule has 2 saturated carbocycles. The molecule has 148 valence electrons. The fourth-order valence-corrected chi connectivity index (χ4v) is 4.05. The maximum Gasteiger partial charge on any atom is 0.234 e. The topological polar surface area (TPSA) is 68.0 Å². The normalized spacial score (nSPS) is 21.6. The van der Waals surface area contributed by atoms with Crippen LogP contribution in [0.4, 0.5) is 4.39 Å². The zero-order valence-corrected chi connectivity index (χ0v) is 17.2. The Morgan fingerprint density at radius 1 is 1.17 bits per heavy atom. The number of nitrogens with zero attached hydrogens (tertiary/aromatic N) is 2. The summed E-state index contributed by atoms with van der Waals surface area (Å²) in [5.74, 6) is 1.12. The smallest absolute Gasteiger partial charge is 0.234 e. The molecule has 0 spiro atoms. The summed E-state index contributed by atoms with van der Waals surface area (Å²) in [5, 5.41) is 6.95. The van der Waals surface area contributed by atoms with Crippen LogP contribution in [0.1, 0.15) is 53.9 Å². The van der Waals surface area contributed by atoms with E-state index in [2.05, 4.69) is 43.5 Å². The molecule has 2 aromatic carbocycles. The molecule has 0 radical (unpaired) electrons. The van der Waals surface area contributed by atoms with Gasteiger partial charge in [-0.05, 0) is 48.9 Å². The molecule has 2 aliphatic rings. The molecule has 2 aliphatic carbocycles. The molecule has 0 saturated heterocycles. The maximum absolute atomic E-state index is 13.8. The van der Waals surface area contributed by atoms with Crippen molar-refractivity contribution < 1.29 is 13.7 Å². The number of amides is 1. The molecule has 7 heteroatoms. The van der Waals surface area contributed by atoms with Gasteiger partial charge in [-0.15, -0.1) is 0 Å². The van der Waals surface area contributed by atoms with Crippen LogP contribution in [0, 0.1) is 5.82 Å². The van der Waals surface area contributed by atoms with Gasteiger partial charge >= 0.3 is 0 Å². The van der Waals surface area contributed by atoms with E-state index in [0.29, 0.717) is 36.0 Å². The molecule has 2 atom stereocenters. The fraction of sp³-hybridized carbons (Fsp3) is 0.318. The number of hydrogen-bond acceptors (Lipinski definition) is 4. The lowest BCUT2D eigenvalue weighted by Gasteiger charge is -2.12. The number of hydrogen-bond donors (Lipinski definition) is 1. The van der Waals surface area contributed by atoms with E-state index in [9.17, 15) is 9.18 Å². The average Bonchev–Trinajstić information content (AvgIpc) is 3.65. The zero-order chi connectivity index (χ0) is 20.0. The lowest BCUT2D eigenvalue weighted by Crippen LogP contribution is -2.35. The van der Waals surface area contributed by atoms with E-state index in [-0.39, 0.29) is 24.2 Å². The second-order valence-electron chi connectivity index (χ2n) is 7.81. The summed E-state index contributed by atoms with van der Waals surface area (Å²) in [6, 6.07) is 14.7. The Hall–Kier alpha value is -2.54. The zero-order valence-electron chi connectivity index (χ0n) is 15.6. The second kappa shape index (κ2) is 7.06. The van der Waals surface area contributed by atoms with Gasteiger partial charge in [-0.3, -0.25) is 4.79 Å². The lowest BCUT2D eigenvalue weighted by atomic mass is 10.1. The molecule has 0 aliphatic heterocycles. The minimum Gasteiger partial charge on any atom is -0.351 e. The van der Waals surface area contributed by atoms with Gasteiger partial charge < -0.3 is 9.84 Å². The number of rotatable bonds is 6. The van der Waals surface area contributed by atoms with Crippen molar-refractivity contribution >= 4 is 21.8 Å². The van der Waals surface area contributed by atoms with Crippen molar-refractivity contribution in [2.45, 2.75) is 43.1 Å². The number of nitrogens with one attached hydrogen (secondary N) is 1. The monoisotopic (exact) mass is 455 g/mol. The molecule has 1 amide bonds. The van der Waals surface area contributed by atoms with Crippen LogP contribution in [0.15, 0.2) is 57.5 Å². The SMILES string of the molecule is O=C(NCc1ccccc1F)C1(c2noc([C@@H]3C[C@H]3c3ccc(Br)cc3)n2)CC1. The summed E-state index contributed by atoms with van der Waals surface area (Å²) < 4.78 is 20.3. The Balaban J connectivity index is 1.26. The summed E-state index contributed by atoms with van der Waals surface area (Å²) in [6.07, 6.45) is 2.32. The Kier molecular flexibility index (Phi) is 4.50. The predicted molar refractivity (Wildman–Crippen MR) is 108 cm³/mol. The van der Waals surface area contributed by atoms with Crippen molar-refractivity contribution in [2.75, 3.05) is 0 Å². The molecule has 5 rings (SSSR count). The van der Waals surface area contributed by atoms with Crippen LogP contribution in [-0.2, 0) is 16.8 Å². The van der Waals surface area contributed by atoms with Gasteiger partial charge in [0.05, 0.1) is 0 Å². The standard InChI is InChI=1S/C22H19BrFN3O2/c23-15-7-5-13(6-8-15)16-11-17(16)19-26-20(27-29-19)22(9-10-22)21(28)25-12-14-3-1-2-4-18(14)24/h1-8,16-17H,9-12H2,(H,25,28)/t16-,17+/m0/s1. The van der Waals surface area contributed by atoms with E-state index in [1.54, 1.807) is 18.2 Å². The van der Waals surface area contributed by atoms with Crippen LogP contribution < -0.4 is 5.32 Å². The highest BCUT2D eigenvalue weighted by molar-refractivity contribution is 9.10. The number of carbonyl (C=O) groups is 1. The minimum absolute atomic E-state index is 0.145. The summed E-state index contributed by atoms with van der Waals surface area (Å²) in [7, 11) is 0. The highest BCUT2D eigenvalue weighted by Crippen LogP contribution is 2.55. The van der Waals surface area contributed by atoms with Gasteiger partial charge in [-0.1, -0.05) is 51.4 Å². The van der Waals surface area contributed by atoms with Crippen molar-refractivity contribution in [1.82, 2.24) is 15.5 Å². The minimum atomic E-state index is -0.741. The van der Waals surface area contributed by atoms with E-state index in [0.717, 1.165) is 10.9 Å². The third kappa shape index (κ3) is 3.48. The molecular formula is C22H19BrFN3O2. The summed E-state index contributed by atoms with van der Waals surface area (Å²) in [6.45, 7) is 0.145. The molecule has 5 nitrogen and oxygen atoms in total. The van der Waals surface area contributed by atoms with Gasteiger partial charge in [0.25, 0.3) is 0 Å². The third-order valence-corrected chi connectivity index (χ3v) is 6.39. The maximum atomic E-state index is 13.8. The van der Waals surface area contributed by atoms with E-state index < -0.39 is 5.41 Å². The molecule has 1 N–H and O–H groups in total. The molecule has 2 fully saturated rings. The van der Waals surface area contributed by atoms with Crippen LogP contribution in [0.5, 0.6) is 0 Å². The lowest BCUT2D eigenvalue weighted by molar-refractivity contribution is -0.124. The van der Waals surface area contributed by atoms with Crippen LogP contribution in [-0.4, -0.2) is 16.0 Å². The van der Waals surface area contributed by atoms with Crippen molar-refractivity contribution in [3.8, 4) is 0 Å². The summed E-state index contributed by atoms with van der Waals surface area (Å²) in [4.78, 5) is 17.3. The van der Waals surface area contributed by atoms with Gasteiger partial charge in [0.2, 0.25) is 11.8 Å². The highest BCUT2D eigenvalue weighted by atomic mass is 79.9. The predicted octanol–water partition coefficient (Wildman–Crippen LogP) is 4.59. The van der Waals surface area contributed by atoms with Crippen LogP contribution in [0.2, 0.25) is 0 Å². The molecule has 1 aromatic heterocycles. The molecular weight excluding hydrogens is 437 g/mol. The third-order valence-electron chi connectivity index (χ3n) is 5.86. The van der Waals surface area contributed by atoms with Crippen molar-refractivity contribution in [3.05, 3.63) is 81.7 Å². The van der Waals surface area contributed by atoms with Crippen LogP contribution in [0.25, 0.3) is 0 Å². The van der Waals surface area contributed by atoms with Crippen molar-refractivity contribution in [1.29, 1.82) is 0 Å². The number of carbonyl (C=O) groups excluding carboxylic acids is 1. The van der Waals surface area contributed by atoms with Gasteiger partial charge in [0.15, 0.2) is 5.82 Å². The Morgan fingerprint density at radius 2 is 1.93 bits per heavy atom. The van der Waals surface area contributed by atoms with E-state index in [1.165, 1.54) is 11.6 Å². The molecule has 29 heavy (non-hydrogen) atoms. The first-order chi connectivity index (χ1) is 14.1. The molecule has 3 aromatic rings. The Labute approximate surface area is 175 Å². The van der Waals surface area contributed by atoms with Gasteiger partial charge in [-0.25, -0.2) is 4.39 Å². The Bertz CT molecular complexity index is 1060. The summed E-state index contributed by atoms with van der Waals surface area (Å²) in [5.41, 5.74) is 0.970. The van der Waals surface area contributed by atoms with E-state index in [1.807, 2.05) is 12.1 Å². The Morgan fingerprint density at radius 3 is 2.66 bits per heavy atom. The first-order valence-electron chi connectivity index (χ1n) is 9.68. The fourth-order valence-electron chi connectivity index (χ4n) is 3.79. The van der Waals surface area contributed by atoms with Crippen LogP contribution >= 0.6 is 15.9 Å². The van der Waals surface area contributed by atoms with E-state index in [4.69, 9.17) is 4.52 Å². The first-order valence-corrected chi connectivity index (χ1v) is 10.5. The second-order valence-corrected chi connectivity index (χ2v) is 8.73. The van der Waals surface area contributed by atoms with Gasteiger partial charge in [-0.2, -0.15) is 4.98 Å².